The summed E-state index contributed by atoms with van der Waals surface area (Å²) in [6.07, 6.45) is 3.89. The number of pyridine rings is 2. The number of nitrogens with one attached hydrogen (secondary N) is 1. The zero-order valence-corrected chi connectivity index (χ0v) is 19.1. The van der Waals surface area contributed by atoms with Gasteiger partial charge in [0.15, 0.2) is 0 Å². The van der Waals surface area contributed by atoms with Crippen LogP contribution in [0.4, 0.5) is 11.5 Å². The molecule has 3 heterocycles. The van der Waals surface area contributed by atoms with Gasteiger partial charge < -0.3 is 10.2 Å². The third-order valence-electron chi connectivity index (χ3n) is 6.08. The van der Waals surface area contributed by atoms with E-state index in [-0.39, 0.29) is 5.91 Å². The Balaban J connectivity index is 1.32. The Morgan fingerprint density at radius 3 is 2.53 bits per heavy atom. The van der Waals surface area contributed by atoms with E-state index < -0.39 is 0 Å². The molecule has 0 spiro atoms. The van der Waals surface area contributed by atoms with Gasteiger partial charge in [-0.3, -0.25) is 14.7 Å². The summed E-state index contributed by atoms with van der Waals surface area (Å²) < 4.78 is 0. The zero-order valence-electron chi connectivity index (χ0n) is 19.1. The minimum absolute atomic E-state index is 0.0442. The second-order valence-corrected chi connectivity index (χ2v) is 8.44. The van der Waals surface area contributed by atoms with Gasteiger partial charge in [-0.2, -0.15) is 0 Å². The highest BCUT2D eigenvalue weighted by Gasteiger charge is 2.23. The fraction of sp³-hybridized carbons (Fsp3) is 0.346. The van der Waals surface area contributed by atoms with Crippen molar-refractivity contribution in [2.45, 2.75) is 33.2 Å². The number of aromatic nitrogens is 2. The summed E-state index contributed by atoms with van der Waals surface area (Å²) in [6, 6.07) is 16.6. The van der Waals surface area contributed by atoms with E-state index in [1.54, 1.807) is 6.20 Å². The number of anilines is 2. The summed E-state index contributed by atoms with van der Waals surface area (Å²) in [5, 5.41) is 2.96. The highest BCUT2D eigenvalue weighted by molar-refractivity contribution is 5.92. The predicted molar refractivity (Wildman–Crippen MR) is 130 cm³/mol. The molecule has 1 aliphatic rings. The average molecular weight is 430 g/mol. The fourth-order valence-corrected chi connectivity index (χ4v) is 4.25. The van der Waals surface area contributed by atoms with Gasteiger partial charge in [0.25, 0.3) is 0 Å². The van der Waals surface area contributed by atoms with Crippen LogP contribution in [0.15, 0.2) is 60.9 Å². The maximum absolute atomic E-state index is 12.5. The summed E-state index contributed by atoms with van der Waals surface area (Å²) in [7, 11) is 0. The van der Waals surface area contributed by atoms with Gasteiger partial charge in [-0.25, -0.2) is 4.98 Å². The number of nitrogens with zero attached hydrogens (tertiary/aromatic N) is 4. The van der Waals surface area contributed by atoms with Gasteiger partial charge in [0.05, 0.1) is 18.3 Å². The average Bonchev–Trinajstić information content (AvgIpc) is 2.80. The van der Waals surface area contributed by atoms with Crippen LogP contribution in [-0.4, -0.2) is 53.0 Å². The van der Waals surface area contributed by atoms with E-state index in [0.717, 1.165) is 60.1 Å². The number of benzene rings is 1. The molecule has 4 rings (SSSR count). The lowest BCUT2D eigenvalue weighted by Gasteiger charge is -2.39. The number of piperazine rings is 1. The molecule has 1 aromatic carbocycles. The molecule has 1 N–H and O–H groups in total. The van der Waals surface area contributed by atoms with E-state index in [1.807, 2.05) is 55.6 Å². The lowest BCUT2D eigenvalue weighted by molar-refractivity contribution is -0.115. The van der Waals surface area contributed by atoms with E-state index in [9.17, 15) is 4.79 Å². The third kappa shape index (κ3) is 5.32. The Labute approximate surface area is 190 Å². The lowest BCUT2D eigenvalue weighted by atomic mass is 10.0. The first-order chi connectivity index (χ1) is 15.5. The molecule has 2 aromatic heterocycles. The van der Waals surface area contributed by atoms with Gasteiger partial charge in [0.2, 0.25) is 5.91 Å². The SMILES string of the molecule is CCN1CCN(c2ccc(NC(=O)Cc3ccc(-c4ccnc(C)c4)cc3)cn2)C[C@@H]1C. The van der Waals surface area contributed by atoms with Crippen LogP contribution in [0.1, 0.15) is 25.1 Å². The van der Waals surface area contributed by atoms with Gasteiger partial charge in [0.1, 0.15) is 5.82 Å². The van der Waals surface area contributed by atoms with Crippen molar-refractivity contribution in [3.05, 3.63) is 72.2 Å². The van der Waals surface area contributed by atoms with E-state index in [0.29, 0.717) is 12.5 Å². The largest absolute Gasteiger partial charge is 0.354 e. The minimum Gasteiger partial charge on any atom is -0.354 e. The number of rotatable bonds is 6. The summed E-state index contributed by atoms with van der Waals surface area (Å²) in [6.45, 7) is 10.5. The molecule has 6 heteroatoms. The number of likely N-dealkylation sites (N-methyl/N-ethyl adjacent to an activating group) is 1. The van der Waals surface area contributed by atoms with Gasteiger partial charge in [0, 0.05) is 37.6 Å². The Morgan fingerprint density at radius 1 is 1.06 bits per heavy atom. The Morgan fingerprint density at radius 2 is 1.88 bits per heavy atom. The number of hydrogen-bond acceptors (Lipinski definition) is 5. The Kier molecular flexibility index (Phi) is 6.81. The molecule has 6 nitrogen and oxygen atoms in total. The molecule has 0 unspecified atom stereocenters. The second-order valence-electron chi connectivity index (χ2n) is 8.44. The summed E-state index contributed by atoms with van der Waals surface area (Å²) in [5.74, 6) is 0.921. The molecule has 1 saturated heterocycles. The van der Waals surface area contributed by atoms with Crippen LogP contribution in [0.2, 0.25) is 0 Å². The normalized spacial score (nSPS) is 16.7. The molecular weight excluding hydrogens is 398 g/mol. The summed E-state index contributed by atoms with van der Waals surface area (Å²) in [5.41, 5.74) is 4.94. The van der Waals surface area contributed by atoms with Crippen molar-refractivity contribution in [1.82, 2.24) is 14.9 Å². The zero-order chi connectivity index (χ0) is 22.5. The van der Waals surface area contributed by atoms with E-state index >= 15 is 0 Å². The topological polar surface area (TPSA) is 61.4 Å². The molecule has 0 saturated carbocycles. The first-order valence-corrected chi connectivity index (χ1v) is 11.3. The third-order valence-corrected chi connectivity index (χ3v) is 6.08. The van der Waals surface area contributed by atoms with Crippen molar-refractivity contribution >= 4 is 17.4 Å². The monoisotopic (exact) mass is 429 g/mol. The molecule has 0 bridgehead atoms. The maximum Gasteiger partial charge on any atom is 0.228 e. The molecule has 3 aromatic rings. The van der Waals surface area contributed by atoms with Crippen LogP contribution in [-0.2, 0) is 11.2 Å². The number of carbonyl (C=O) groups is 1. The molecule has 0 aliphatic carbocycles. The van der Waals surface area contributed by atoms with Gasteiger partial charge in [-0.05, 0) is 61.3 Å². The molecule has 1 fully saturated rings. The number of aryl methyl sites for hydroxylation is 1. The molecule has 166 valence electrons. The maximum atomic E-state index is 12.5. The summed E-state index contributed by atoms with van der Waals surface area (Å²) >= 11 is 0. The van der Waals surface area contributed by atoms with Crippen LogP contribution in [0.3, 0.4) is 0 Å². The number of carbonyl (C=O) groups excluding carboxylic acids is 1. The van der Waals surface area contributed by atoms with Gasteiger partial charge >= 0.3 is 0 Å². The highest BCUT2D eigenvalue weighted by atomic mass is 16.1. The Hall–Kier alpha value is -3.25. The van der Waals surface area contributed by atoms with Crippen LogP contribution < -0.4 is 10.2 Å². The van der Waals surface area contributed by atoms with Crippen molar-refractivity contribution in [3.8, 4) is 11.1 Å². The number of hydrogen-bond donors (Lipinski definition) is 1. The van der Waals surface area contributed by atoms with Crippen LogP contribution >= 0.6 is 0 Å². The standard InChI is InChI=1S/C26H31N5O/c1-4-30-13-14-31(18-20(30)3)25-10-9-24(17-28-25)29-26(32)16-21-5-7-22(8-6-21)23-11-12-27-19(2)15-23/h5-12,15,17,20H,4,13-14,16,18H2,1-3H3,(H,29,32)/t20-/m0/s1. The van der Waals surface area contributed by atoms with E-state index in [4.69, 9.17) is 0 Å². The predicted octanol–water partition coefficient (Wildman–Crippen LogP) is 4.16. The van der Waals surface area contributed by atoms with Crippen LogP contribution in [0.25, 0.3) is 11.1 Å². The van der Waals surface area contributed by atoms with Crippen molar-refractivity contribution in [1.29, 1.82) is 0 Å². The molecule has 0 radical (unpaired) electrons. The van der Waals surface area contributed by atoms with Crippen LogP contribution in [0.5, 0.6) is 0 Å². The van der Waals surface area contributed by atoms with Crippen molar-refractivity contribution < 1.29 is 4.79 Å². The highest BCUT2D eigenvalue weighted by Crippen LogP contribution is 2.21. The first kappa shape index (κ1) is 22.0. The molecule has 1 amide bonds. The lowest BCUT2D eigenvalue weighted by Crippen LogP contribution is -2.51. The minimum atomic E-state index is -0.0442. The van der Waals surface area contributed by atoms with Gasteiger partial charge in [-0.15, -0.1) is 0 Å². The van der Waals surface area contributed by atoms with E-state index in [2.05, 4.69) is 45.0 Å². The smallest absolute Gasteiger partial charge is 0.228 e. The fourth-order valence-electron chi connectivity index (χ4n) is 4.25. The summed E-state index contributed by atoms with van der Waals surface area (Å²) in [4.78, 5) is 26.1. The quantitative estimate of drug-likeness (QED) is 0.637. The van der Waals surface area contributed by atoms with Crippen molar-refractivity contribution in [2.24, 2.45) is 0 Å². The van der Waals surface area contributed by atoms with E-state index in [1.165, 1.54) is 0 Å². The van der Waals surface area contributed by atoms with Gasteiger partial charge in [-0.1, -0.05) is 31.2 Å². The second kappa shape index (κ2) is 9.92. The van der Waals surface area contributed by atoms with Crippen LogP contribution in [0, 0.1) is 6.92 Å². The molecule has 1 aliphatic heterocycles. The molecule has 32 heavy (non-hydrogen) atoms. The molecule has 1 atom stereocenters. The van der Waals surface area contributed by atoms with Crippen molar-refractivity contribution in [3.63, 3.8) is 0 Å². The van der Waals surface area contributed by atoms with Crippen molar-refractivity contribution in [2.75, 3.05) is 36.4 Å². The number of amides is 1. The molecular formula is C26H31N5O. The first-order valence-electron chi connectivity index (χ1n) is 11.3. The Bertz CT molecular complexity index is 1050.